The lowest BCUT2D eigenvalue weighted by Gasteiger charge is -2.40. The second-order valence-corrected chi connectivity index (χ2v) is 7.44. The third kappa shape index (κ3) is 3.75. The molecule has 0 radical (unpaired) electrons. The first-order valence-corrected chi connectivity index (χ1v) is 8.50. The molecule has 2 aliphatic rings. The third-order valence-corrected chi connectivity index (χ3v) is 5.47. The van der Waals surface area contributed by atoms with Gasteiger partial charge in [0.1, 0.15) is 0 Å². The van der Waals surface area contributed by atoms with Crippen LogP contribution in [-0.4, -0.2) is 23.7 Å². The van der Waals surface area contributed by atoms with E-state index in [4.69, 9.17) is 0 Å². The summed E-state index contributed by atoms with van der Waals surface area (Å²) in [7, 11) is 0. The lowest BCUT2D eigenvalue weighted by molar-refractivity contribution is -0.142. The summed E-state index contributed by atoms with van der Waals surface area (Å²) in [6.07, 6.45) is 11.5. The van der Waals surface area contributed by atoms with E-state index < -0.39 is 5.97 Å². The molecule has 20 heavy (non-hydrogen) atoms. The van der Waals surface area contributed by atoms with Crippen LogP contribution in [0.1, 0.15) is 71.6 Å². The molecule has 0 bridgehead atoms. The lowest BCUT2D eigenvalue weighted by atomic mass is 9.70. The maximum absolute atomic E-state index is 11.4. The first-order chi connectivity index (χ1) is 9.53. The Bertz CT molecular complexity index is 321. The third-order valence-electron chi connectivity index (χ3n) is 5.47. The molecule has 0 aromatic heterocycles. The maximum atomic E-state index is 11.4. The zero-order valence-electron chi connectivity index (χ0n) is 13.2. The lowest BCUT2D eigenvalue weighted by Crippen LogP contribution is -2.45. The molecule has 0 aliphatic heterocycles. The van der Waals surface area contributed by atoms with Gasteiger partial charge in [0.05, 0.1) is 5.92 Å². The number of hydrogen-bond donors (Lipinski definition) is 2. The van der Waals surface area contributed by atoms with E-state index in [1.165, 1.54) is 51.4 Å². The van der Waals surface area contributed by atoms with Crippen LogP contribution < -0.4 is 5.32 Å². The van der Waals surface area contributed by atoms with E-state index in [1.807, 2.05) is 0 Å². The summed E-state index contributed by atoms with van der Waals surface area (Å²) in [5.41, 5.74) is 0.499. The van der Waals surface area contributed by atoms with Crippen molar-refractivity contribution in [3.63, 3.8) is 0 Å². The number of carbonyl (C=O) groups is 1. The van der Waals surface area contributed by atoms with Gasteiger partial charge in [0.25, 0.3) is 0 Å². The summed E-state index contributed by atoms with van der Waals surface area (Å²) in [6.45, 7) is 4.86. The van der Waals surface area contributed by atoms with E-state index in [9.17, 15) is 9.90 Å². The van der Waals surface area contributed by atoms with Crippen LogP contribution >= 0.6 is 0 Å². The first-order valence-electron chi connectivity index (χ1n) is 8.50. The fraction of sp³-hybridized carbons (Fsp3) is 0.941. The Morgan fingerprint density at radius 2 is 1.85 bits per heavy atom. The Morgan fingerprint density at radius 3 is 2.45 bits per heavy atom. The van der Waals surface area contributed by atoms with Crippen molar-refractivity contribution in [3.8, 4) is 0 Å². The van der Waals surface area contributed by atoms with Gasteiger partial charge in [-0.05, 0) is 43.4 Å². The van der Waals surface area contributed by atoms with Crippen LogP contribution in [0, 0.1) is 17.3 Å². The SMILES string of the molecule is CC(C)CC(CNC1CCCC12CCCCC2)C(=O)O. The smallest absolute Gasteiger partial charge is 0.307 e. The molecule has 2 atom stereocenters. The normalized spacial score (nSPS) is 27.1. The zero-order valence-corrected chi connectivity index (χ0v) is 13.2. The van der Waals surface area contributed by atoms with Crippen molar-refractivity contribution in [1.29, 1.82) is 0 Å². The van der Waals surface area contributed by atoms with E-state index in [0.717, 1.165) is 6.42 Å². The average Bonchev–Trinajstić information content (AvgIpc) is 2.77. The van der Waals surface area contributed by atoms with Crippen LogP contribution in [0.3, 0.4) is 0 Å². The summed E-state index contributed by atoms with van der Waals surface area (Å²) < 4.78 is 0. The maximum Gasteiger partial charge on any atom is 0.307 e. The molecule has 2 saturated carbocycles. The largest absolute Gasteiger partial charge is 0.481 e. The van der Waals surface area contributed by atoms with Crippen molar-refractivity contribution in [2.45, 2.75) is 77.7 Å². The molecule has 2 N–H and O–H groups in total. The van der Waals surface area contributed by atoms with E-state index in [1.54, 1.807) is 0 Å². The molecule has 2 fully saturated rings. The van der Waals surface area contributed by atoms with E-state index in [2.05, 4.69) is 19.2 Å². The molecule has 0 aromatic carbocycles. The van der Waals surface area contributed by atoms with Gasteiger partial charge in [-0.3, -0.25) is 4.79 Å². The summed E-state index contributed by atoms with van der Waals surface area (Å²) in [6, 6.07) is 0.566. The zero-order chi connectivity index (χ0) is 14.6. The summed E-state index contributed by atoms with van der Waals surface area (Å²) in [5, 5.41) is 13.0. The molecule has 2 aliphatic carbocycles. The molecule has 2 rings (SSSR count). The molecule has 3 heteroatoms. The van der Waals surface area contributed by atoms with Gasteiger partial charge in [0, 0.05) is 12.6 Å². The van der Waals surface area contributed by atoms with Gasteiger partial charge in [-0.1, -0.05) is 39.5 Å². The van der Waals surface area contributed by atoms with Gasteiger partial charge in [-0.25, -0.2) is 0 Å². The van der Waals surface area contributed by atoms with Crippen molar-refractivity contribution >= 4 is 5.97 Å². The average molecular weight is 281 g/mol. The van der Waals surface area contributed by atoms with Crippen LogP contribution in [0.4, 0.5) is 0 Å². The van der Waals surface area contributed by atoms with Gasteiger partial charge in [-0.15, -0.1) is 0 Å². The van der Waals surface area contributed by atoms with Gasteiger partial charge in [0.15, 0.2) is 0 Å². The second kappa shape index (κ2) is 6.93. The van der Waals surface area contributed by atoms with Crippen LogP contribution in [0.5, 0.6) is 0 Å². The summed E-state index contributed by atoms with van der Waals surface area (Å²) >= 11 is 0. The quantitative estimate of drug-likeness (QED) is 0.778. The minimum atomic E-state index is -0.637. The minimum Gasteiger partial charge on any atom is -0.481 e. The monoisotopic (exact) mass is 281 g/mol. The van der Waals surface area contributed by atoms with E-state index in [0.29, 0.717) is 23.9 Å². The number of aliphatic carboxylic acids is 1. The van der Waals surface area contributed by atoms with E-state index in [-0.39, 0.29) is 5.92 Å². The Kier molecular flexibility index (Phi) is 5.48. The molecule has 0 saturated heterocycles. The Hall–Kier alpha value is -0.570. The number of carboxylic acids is 1. The van der Waals surface area contributed by atoms with Crippen molar-refractivity contribution in [2.75, 3.05) is 6.54 Å². The first kappa shape index (κ1) is 15.8. The summed E-state index contributed by atoms with van der Waals surface area (Å²) in [4.78, 5) is 11.4. The van der Waals surface area contributed by atoms with Crippen LogP contribution in [0.15, 0.2) is 0 Å². The molecule has 3 nitrogen and oxygen atoms in total. The Balaban J connectivity index is 1.89. The van der Waals surface area contributed by atoms with Gasteiger partial charge >= 0.3 is 5.97 Å². The molecule has 0 amide bonds. The Labute approximate surface area is 123 Å². The highest BCUT2D eigenvalue weighted by Gasteiger charge is 2.43. The summed E-state index contributed by atoms with van der Waals surface area (Å²) in [5.74, 6) is -0.414. The molecule has 116 valence electrons. The number of carboxylic acid groups (broad SMARTS) is 1. The highest BCUT2D eigenvalue weighted by molar-refractivity contribution is 5.70. The fourth-order valence-corrected chi connectivity index (χ4v) is 4.44. The van der Waals surface area contributed by atoms with E-state index >= 15 is 0 Å². The standard InChI is InChI=1S/C17H31NO2/c1-13(2)11-14(16(19)20)12-18-15-7-6-10-17(15)8-4-3-5-9-17/h13-15,18H,3-12H2,1-2H3,(H,19,20). The fourth-order valence-electron chi connectivity index (χ4n) is 4.44. The van der Waals surface area contributed by atoms with Gasteiger partial charge in [-0.2, -0.15) is 0 Å². The highest BCUT2D eigenvalue weighted by Crippen LogP contribution is 2.49. The predicted molar refractivity (Wildman–Crippen MR) is 81.7 cm³/mol. The van der Waals surface area contributed by atoms with Crippen molar-refractivity contribution in [2.24, 2.45) is 17.3 Å². The molecule has 0 heterocycles. The van der Waals surface area contributed by atoms with Crippen molar-refractivity contribution in [1.82, 2.24) is 5.32 Å². The number of rotatable bonds is 6. The Morgan fingerprint density at radius 1 is 1.20 bits per heavy atom. The van der Waals surface area contributed by atoms with Crippen molar-refractivity contribution in [3.05, 3.63) is 0 Å². The van der Waals surface area contributed by atoms with Gasteiger partial charge in [0.2, 0.25) is 0 Å². The highest BCUT2D eigenvalue weighted by atomic mass is 16.4. The topological polar surface area (TPSA) is 49.3 Å². The minimum absolute atomic E-state index is 0.226. The van der Waals surface area contributed by atoms with Crippen LogP contribution in [0.2, 0.25) is 0 Å². The van der Waals surface area contributed by atoms with Crippen LogP contribution in [0.25, 0.3) is 0 Å². The number of hydrogen-bond acceptors (Lipinski definition) is 2. The molecular weight excluding hydrogens is 250 g/mol. The van der Waals surface area contributed by atoms with Gasteiger partial charge < -0.3 is 10.4 Å². The molecule has 2 unspecified atom stereocenters. The van der Waals surface area contributed by atoms with Crippen molar-refractivity contribution < 1.29 is 9.90 Å². The molecule has 0 aromatic rings. The second-order valence-electron chi connectivity index (χ2n) is 7.44. The predicted octanol–water partition coefficient (Wildman–Crippen LogP) is 3.83. The van der Waals surface area contributed by atoms with Crippen LogP contribution in [-0.2, 0) is 4.79 Å². The number of nitrogens with one attached hydrogen (secondary N) is 1. The molecular formula is C17H31NO2. The molecule has 1 spiro atoms.